The number of hydrogen-bond donors (Lipinski definition) is 1. The highest BCUT2D eigenvalue weighted by Crippen LogP contribution is 2.09. The van der Waals surface area contributed by atoms with Gasteiger partial charge in [0, 0.05) is 26.2 Å². The van der Waals surface area contributed by atoms with Crippen LogP contribution >= 0.6 is 0 Å². The van der Waals surface area contributed by atoms with Gasteiger partial charge in [-0.2, -0.15) is 5.48 Å². The van der Waals surface area contributed by atoms with Crippen molar-refractivity contribution in [3.8, 4) is 0 Å². The van der Waals surface area contributed by atoms with Gasteiger partial charge in [-0.25, -0.2) is 0 Å². The third-order valence-electron chi connectivity index (χ3n) is 2.92. The molecule has 17 heavy (non-hydrogen) atoms. The Morgan fingerprint density at radius 1 is 1.29 bits per heavy atom. The van der Waals surface area contributed by atoms with E-state index in [4.69, 9.17) is 9.57 Å². The highest BCUT2D eigenvalue weighted by atomic mass is 16.6. The van der Waals surface area contributed by atoms with E-state index in [2.05, 4.69) is 34.6 Å². The van der Waals surface area contributed by atoms with E-state index >= 15 is 0 Å². The number of nitrogens with one attached hydrogen (secondary N) is 1. The zero-order valence-electron chi connectivity index (χ0n) is 10.3. The first-order chi connectivity index (χ1) is 8.38. The Morgan fingerprint density at radius 2 is 2.06 bits per heavy atom. The Hall–Kier alpha value is -0.940. The van der Waals surface area contributed by atoms with Crippen molar-refractivity contribution in [1.29, 1.82) is 0 Å². The number of nitrogens with zero attached hydrogens (tertiary/aromatic N) is 1. The summed E-state index contributed by atoms with van der Waals surface area (Å²) in [5, 5.41) is 0. The van der Waals surface area contributed by atoms with Gasteiger partial charge in [0.25, 0.3) is 0 Å². The third kappa shape index (κ3) is 4.09. The highest BCUT2D eigenvalue weighted by Gasteiger charge is 2.10. The molecule has 1 fully saturated rings. The van der Waals surface area contributed by atoms with Crippen LogP contribution in [0.4, 0.5) is 0 Å². The van der Waals surface area contributed by atoms with E-state index < -0.39 is 0 Å². The molecule has 2 rings (SSSR count). The summed E-state index contributed by atoms with van der Waals surface area (Å²) in [4.78, 5) is 7.28. The van der Waals surface area contributed by atoms with Crippen LogP contribution in [0.15, 0.2) is 24.3 Å². The molecule has 1 aromatic carbocycles. The van der Waals surface area contributed by atoms with Gasteiger partial charge in [0.2, 0.25) is 0 Å². The first-order valence-electron chi connectivity index (χ1n) is 6.02. The third-order valence-corrected chi connectivity index (χ3v) is 2.92. The van der Waals surface area contributed by atoms with Gasteiger partial charge in [0.15, 0.2) is 0 Å². The minimum atomic E-state index is 0.744. The van der Waals surface area contributed by atoms with E-state index in [1.54, 1.807) is 7.11 Å². The lowest BCUT2D eigenvalue weighted by atomic mass is 10.1. The average Bonchev–Trinajstić information content (AvgIpc) is 2.38. The van der Waals surface area contributed by atoms with Crippen LogP contribution in [0.5, 0.6) is 0 Å². The fourth-order valence-electron chi connectivity index (χ4n) is 2.01. The van der Waals surface area contributed by atoms with Crippen LogP contribution in [0.3, 0.4) is 0 Å². The molecule has 0 bridgehead atoms. The van der Waals surface area contributed by atoms with Crippen LogP contribution in [0.1, 0.15) is 11.1 Å². The highest BCUT2D eigenvalue weighted by molar-refractivity contribution is 5.23. The predicted molar refractivity (Wildman–Crippen MR) is 66.4 cm³/mol. The number of ether oxygens (including phenoxy) is 1. The summed E-state index contributed by atoms with van der Waals surface area (Å²) in [5.41, 5.74) is 5.46. The molecule has 4 nitrogen and oxygen atoms in total. The van der Waals surface area contributed by atoms with Crippen molar-refractivity contribution in [1.82, 2.24) is 10.4 Å². The van der Waals surface area contributed by atoms with Gasteiger partial charge in [0.1, 0.15) is 0 Å². The Labute approximate surface area is 102 Å². The molecule has 1 aliphatic heterocycles. The van der Waals surface area contributed by atoms with Crippen molar-refractivity contribution in [3.05, 3.63) is 35.4 Å². The van der Waals surface area contributed by atoms with Crippen molar-refractivity contribution in [2.45, 2.75) is 13.1 Å². The summed E-state index contributed by atoms with van der Waals surface area (Å²) >= 11 is 0. The largest absolute Gasteiger partial charge is 0.379 e. The smallest absolute Gasteiger partial charge is 0.0594 e. The topological polar surface area (TPSA) is 33.7 Å². The van der Waals surface area contributed by atoms with Crippen LogP contribution in [-0.4, -0.2) is 38.3 Å². The van der Waals surface area contributed by atoms with Crippen molar-refractivity contribution < 1.29 is 9.57 Å². The zero-order chi connectivity index (χ0) is 11.9. The quantitative estimate of drug-likeness (QED) is 0.778. The standard InChI is InChI=1S/C13H20N2O2/c1-16-14-10-12-3-2-4-13(9-12)11-15-5-7-17-8-6-15/h2-4,9,14H,5-8,10-11H2,1H3. The van der Waals surface area contributed by atoms with Gasteiger partial charge in [-0.05, 0) is 11.1 Å². The number of hydroxylamine groups is 1. The lowest BCUT2D eigenvalue weighted by molar-refractivity contribution is 0.0341. The lowest BCUT2D eigenvalue weighted by Crippen LogP contribution is -2.35. The van der Waals surface area contributed by atoms with Crippen molar-refractivity contribution >= 4 is 0 Å². The average molecular weight is 236 g/mol. The first kappa shape index (κ1) is 12.5. The molecule has 1 saturated heterocycles. The van der Waals surface area contributed by atoms with Gasteiger partial charge < -0.3 is 9.57 Å². The maximum atomic E-state index is 5.35. The van der Waals surface area contributed by atoms with E-state index in [0.29, 0.717) is 0 Å². The van der Waals surface area contributed by atoms with Gasteiger partial charge in [-0.3, -0.25) is 4.90 Å². The SMILES string of the molecule is CONCc1cccc(CN2CCOCC2)c1. The Balaban J connectivity index is 1.90. The van der Waals surface area contributed by atoms with Crippen LogP contribution in [-0.2, 0) is 22.7 Å². The van der Waals surface area contributed by atoms with E-state index in [0.717, 1.165) is 39.4 Å². The van der Waals surface area contributed by atoms with Gasteiger partial charge >= 0.3 is 0 Å². The molecule has 0 unspecified atom stereocenters. The van der Waals surface area contributed by atoms with Gasteiger partial charge in [0.05, 0.1) is 20.3 Å². The molecule has 0 radical (unpaired) electrons. The minimum Gasteiger partial charge on any atom is -0.379 e. The fraction of sp³-hybridized carbons (Fsp3) is 0.538. The Kier molecular flexibility index (Phi) is 4.94. The van der Waals surface area contributed by atoms with Gasteiger partial charge in [-0.15, -0.1) is 0 Å². The number of benzene rings is 1. The molecule has 94 valence electrons. The predicted octanol–water partition coefficient (Wildman–Crippen LogP) is 1.17. The summed E-state index contributed by atoms with van der Waals surface area (Å²) < 4.78 is 5.35. The molecule has 4 heteroatoms. The zero-order valence-corrected chi connectivity index (χ0v) is 10.3. The van der Waals surface area contributed by atoms with Crippen LogP contribution < -0.4 is 5.48 Å². The normalized spacial score (nSPS) is 17.2. The number of rotatable bonds is 5. The van der Waals surface area contributed by atoms with E-state index in [9.17, 15) is 0 Å². The molecule has 0 atom stereocenters. The molecule has 0 amide bonds. The fourth-order valence-corrected chi connectivity index (χ4v) is 2.01. The molecule has 0 aliphatic carbocycles. The van der Waals surface area contributed by atoms with E-state index in [-0.39, 0.29) is 0 Å². The molecular weight excluding hydrogens is 216 g/mol. The van der Waals surface area contributed by atoms with Crippen LogP contribution in [0, 0.1) is 0 Å². The van der Waals surface area contributed by atoms with Crippen molar-refractivity contribution in [2.24, 2.45) is 0 Å². The summed E-state index contributed by atoms with van der Waals surface area (Å²) in [7, 11) is 1.64. The summed E-state index contributed by atoms with van der Waals surface area (Å²) in [5.74, 6) is 0. The van der Waals surface area contributed by atoms with Crippen molar-refractivity contribution in [3.63, 3.8) is 0 Å². The minimum absolute atomic E-state index is 0.744. The number of hydrogen-bond acceptors (Lipinski definition) is 4. The molecule has 1 N–H and O–H groups in total. The second-order valence-corrected chi connectivity index (χ2v) is 4.23. The summed E-state index contributed by atoms with van der Waals surface area (Å²) in [6.45, 7) is 5.51. The maximum absolute atomic E-state index is 5.35. The van der Waals surface area contributed by atoms with Crippen molar-refractivity contribution in [2.75, 3.05) is 33.4 Å². The van der Waals surface area contributed by atoms with E-state index in [1.165, 1.54) is 11.1 Å². The summed E-state index contributed by atoms with van der Waals surface area (Å²) in [6.07, 6.45) is 0. The Bertz CT molecular complexity index is 338. The monoisotopic (exact) mass is 236 g/mol. The second-order valence-electron chi connectivity index (χ2n) is 4.23. The first-order valence-corrected chi connectivity index (χ1v) is 6.02. The molecule has 1 aromatic rings. The number of morpholine rings is 1. The van der Waals surface area contributed by atoms with Gasteiger partial charge in [-0.1, -0.05) is 24.3 Å². The maximum Gasteiger partial charge on any atom is 0.0594 e. The molecule has 0 saturated carbocycles. The Morgan fingerprint density at radius 3 is 2.82 bits per heavy atom. The molecule has 1 heterocycles. The van der Waals surface area contributed by atoms with Crippen LogP contribution in [0.25, 0.3) is 0 Å². The van der Waals surface area contributed by atoms with E-state index in [1.807, 2.05) is 0 Å². The molecular formula is C13H20N2O2. The molecule has 1 aliphatic rings. The summed E-state index contributed by atoms with van der Waals surface area (Å²) in [6, 6.07) is 8.60. The molecule has 0 aromatic heterocycles. The molecule has 0 spiro atoms. The lowest BCUT2D eigenvalue weighted by Gasteiger charge is -2.26. The van der Waals surface area contributed by atoms with Crippen LogP contribution in [0.2, 0.25) is 0 Å². The second kappa shape index (κ2) is 6.71.